The SMILES string of the molecule is CC/C=C\C/C=C\C/C=C\C/C=C\C/C=C\C/C=C\CCC(=O)NCc1cccc(NC(=O)/C=C/C(=O)OC)n1. The normalized spacial score (nSPS) is 12.2. The molecule has 0 radical (unpaired) electrons. The van der Waals surface area contributed by atoms with Crippen LogP contribution in [0.25, 0.3) is 0 Å². The van der Waals surface area contributed by atoms with Crippen LogP contribution in [0.4, 0.5) is 5.82 Å². The molecule has 1 rings (SSSR count). The van der Waals surface area contributed by atoms with Crippen LogP contribution in [0.2, 0.25) is 0 Å². The number of esters is 1. The number of nitrogens with one attached hydrogen (secondary N) is 2. The number of anilines is 1. The van der Waals surface area contributed by atoms with Gasteiger partial charge >= 0.3 is 5.97 Å². The summed E-state index contributed by atoms with van der Waals surface area (Å²) in [5.41, 5.74) is 0.608. The van der Waals surface area contributed by atoms with E-state index in [1.165, 1.54) is 7.11 Å². The molecule has 1 aromatic rings. The maximum absolute atomic E-state index is 12.1. The number of carbonyl (C=O) groups excluding carboxylic acids is 3. The molecule has 0 atom stereocenters. The van der Waals surface area contributed by atoms with Crippen molar-refractivity contribution in [2.24, 2.45) is 0 Å². The van der Waals surface area contributed by atoms with Gasteiger partial charge in [0.2, 0.25) is 11.8 Å². The number of amides is 2. The first-order valence-electron chi connectivity index (χ1n) is 13.7. The first-order valence-corrected chi connectivity index (χ1v) is 13.7. The fraction of sp³-hybridized carbons (Fsp3) is 0.333. The van der Waals surface area contributed by atoms with E-state index in [-0.39, 0.29) is 12.5 Å². The number of hydrogen-bond donors (Lipinski definition) is 2. The lowest BCUT2D eigenvalue weighted by atomic mass is 10.2. The van der Waals surface area contributed by atoms with Crippen molar-refractivity contribution in [1.82, 2.24) is 10.3 Å². The largest absolute Gasteiger partial charge is 0.466 e. The summed E-state index contributed by atoms with van der Waals surface area (Å²) in [4.78, 5) is 39.3. The number of rotatable bonds is 19. The molecular formula is C33H43N3O4. The van der Waals surface area contributed by atoms with E-state index < -0.39 is 11.9 Å². The standard InChI is InChI=1S/C33H43N3O4/c1-3-4-5-6-7-8-9-10-11-12-13-14-15-16-17-18-19-20-21-25-31(37)34-28-29-23-22-24-30(35-29)36-32(38)26-27-33(39)40-2/h4-5,7-8,10-11,13-14,16-17,19-20,22-24,26-27H,3,6,9,12,15,18,21,25,28H2,1-2H3,(H,34,37)(H,35,36,38)/b5-4-,8-7-,11-10-,14-13-,17-16-,20-19-,27-26+. The summed E-state index contributed by atoms with van der Waals surface area (Å²) >= 11 is 0. The van der Waals surface area contributed by atoms with Crippen molar-refractivity contribution < 1.29 is 19.1 Å². The number of carbonyl (C=O) groups is 3. The van der Waals surface area contributed by atoms with Crippen molar-refractivity contribution in [2.45, 2.75) is 64.8 Å². The molecule has 214 valence electrons. The lowest BCUT2D eigenvalue weighted by Crippen LogP contribution is -2.23. The summed E-state index contributed by atoms with van der Waals surface area (Å²) < 4.78 is 4.44. The monoisotopic (exact) mass is 545 g/mol. The second-order valence-corrected chi connectivity index (χ2v) is 8.59. The second kappa shape index (κ2) is 23.8. The average Bonchev–Trinajstić information content (AvgIpc) is 2.96. The van der Waals surface area contributed by atoms with Gasteiger partial charge in [0.15, 0.2) is 0 Å². The molecule has 40 heavy (non-hydrogen) atoms. The van der Waals surface area contributed by atoms with Crippen molar-refractivity contribution in [2.75, 3.05) is 12.4 Å². The molecule has 0 aliphatic rings. The summed E-state index contributed by atoms with van der Waals surface area (Å²) in [7, 11) is 1.23. The topological polar surface area (TPSA) is 97.4 Å². The highest BCUT2D eigenvalue weighted by Crippen LogP contribution is 2.05. The van der Waals surface area contributed by atoms with Crippen LogP contribution in [0.15, 0.2) is 103 Å². The fourth-order valence-electron chi connectivity index (χ4n) is 3.16. The van der Waals surface area contributed by atoms with Gasteiger partial charge in [-0.1, -0.05) is 85.9 Å². The third-order valence-electron chi connectivity index (χ3n) is 5.23. The molecule has 2 N–H and O–H groups in total. The maximum atomic E-state index is 12.1. The first-order chi connectivity index (χ1) is 19.5. The average molecular weight is 546 g/mol. The van der Waals surface area contributed by atoms with Gasteiger partial charge in [-0.15, -0.1) is 0 Å². The Balaban J connectivity index is 2.15. The number of nitrogens with zero attached hydrogens (tertiary/aromatic N) is 1. The molecular weight excluding hydrogens is 502 g/mol. The molecule has 0 aliphatic carbocycles. The highest BCUT2D eigenvalue weighted by Gasteiger charge is 2.04. The van der Waals surface area contributed by atoms with E-state index in [0.29, 0.717) is 24.4 Å². The highest BCUT2D eigenvalue weighted by atomic mass is 16.5. The summed E-state index contributed by atoms with van der Waals surface area (Å²) in [6.45, 7) is 2.40. The molecule has 2 amide bonds. The second-order valence-electron chi connectivity index (χ2n) is 8.59. The molecule has 0 fully saturated rings. The van der Waals surface area contributed by atoms with Gasteiger partial charge < -0.3 is 15.4 Å². The Morgan fingerprint density at radius 2 is 1.32 bits per heavy atom. The zero-order valence-electron chi connectivity index (χ0n) is 23.8. The van der Waals surface area contributed by atoms with Crippen molar-refractivity contribution in [3.8, 4) is 0 Å². The van der Waals surface area contributed by atoms with Crippen LogP contribution in [0, 0.1) is 0 Å². The summed E-state index contributed by atoms with van der Waals surface area (Å²) in [6, 6.07) is 5.11. The minimum absolute atomic E-state index is 0.0724. The third-order valence-corrected chi connectivity index (χ3v) is 5.23. The number of pyridine rings is 1. The molecule has 0 spiro atoms. The Bertz CT molecular complexity index is 1090. The zero-order valence-corrected chi connectivity index (χ0v) is 23.8. The van der Waals surface area contributed by atoms with Gasteiger partial charge in [-0.3, -0.25) is 9.59 Å². The Kier molecular flexibility index (Phi) is 20.1. The summed E-state index contributed by atoms with van der Waals surface area (Å²) in [5.74, 6) is -0.875. The minimum atomic E-state index is -0.622. The van der Waals surface area contributed by atoms with Gasteiger partial charge in [0.1, 0.15) is 5.82 Å². The maximum Gasteiger partial charge on any atom is 0.330 e. The van der Waals surface area contributed by atoms with E-state index in [0.717, 1.165) is 50.7 Å². The smallest absolute Gasteiger partial charge is 0.330 e. The molecule has 1 aromatic heterocycles. The van der Waals surface area contributed by atoms with Crippen LogP contribution >= 0.6 is 0 Å². The zero-order chi connectivity index (χ0) is 29.1. The number of methoxy groups -OCH3 is 1. The lowest BCUT2D eigenvalue weighted by molar-refractivity contribution is -0.135. The first kappa shape index (κ1) is 33.8. The molecule has 0 saturated heterocycles. The van der Waals surface area contributed by atoms with E-state index in [9.17, 15) is 14.4 Å². The van der Waals surface area contributed by atoms with Crippen molar-refractivity contribution in [3.63, 3.8) is 0 Å². The Hall–Kier alpha value is -4.26. The van der Waals surface area contributed by atoms with Crippen LogP contribution < -0.4 is 10.6 Å². The van der Waals surface area contributed by atoms with Crippen LogP contribution in [-0.4, -0.2) is 29.9 Å². The van der Waals surface area contributed by atoms with Gasteiger partial charge in [-0.2, -0.15) is 0 Å². The van der Waals surface area contributed by atoms with E-state index in [4.69, 9.17) is 0 Å². The Morgan fingerprint density at radius 1 is 0.775 bits per heavy atom. The van der Waals surface area contributed by atoms with E-state index >= 15 is 0 Å². The number of aromatic nitrogens is 1. The molecule has 0 bridgehead atoms. The molecule has 0 unspecified atom stereocenters. The third kappa shape index (κ3) is 19.8. The summed E-state index contributed by atoms with van der Waals surface area (Å²) in [6.07, 6.45) is 34.8. The van der Waals surface area contributed by atoms with Gasteiger partial charge in [0.05, 0.1) is 19.3 Å². The van der Waals surface area contributed by atoms with Crippen LogP contribution in [0.1, 0.15) is 64.0 Å². The summed E-state index contributed by atoms with van der Waals surface area (Å²) in [5, 5.41) is 5.39. The van der Waals surface area contributed by atoms with E-state index in [2.05, 4.69) is 94.1 Å². The minimum Gasteiger partial charge on any atom is -0.466 e. The van der Waals surface area contributed by atoms with Crippen molar-refractivity contribution in [3.05, 3.63) is 109 Å². The van der Waals surface area contributed by atoms with Crippen LogP contribution in [0.5, 0.6) is 0 Å². The molecule has 7 nitrogen and oxygen atoms in total. The van der Waals surface area contributed by atoms with Gasteiger partial charge in [0.25, 0.3) is 0 Å². The van der Waals surface area contributed by atoms with E-state index in [1.54, 1.807) is 18.2 Å². The molecule has 7 heteroatoms. The number of allylic oxidation sites excluding steroid dienone is 12. The predicted molar refractivity (Wildman–Crippen MR) is 163 cm³/mol. The van der Waals surface area contributed by atoms with Gasteiger partial charge in [-0.05, 0) is 57.1 Å². The lowest BCUT2D eigenvalue weighted by Gasteiger charge is -2.06. The molecule has 0 aliphatic heterocycles. The number of ether oxygens (including phenoxy) is 1. The molecule has 0 aromatic carbocycles. The van der Waals surface area contributed by atoms with Crippen molar-refractivity contribution in [1.29, 1.82) is 0 Å². The quantitative estimate of drug-likeness (QED) is 0.113. The highest BCUT2D eigenvalue weighted by molar-refractivity contribution is 6.02. The predicted octanol–water partition coefficient (Wildman–Crippen LogP) is 6.84. The van der Waals surface area contributed by atoms with Gasteiger partial charge in [0, 0.05) is 18.6 Å². The fourth-order valence-corrected chi connectivity index (χ4v) is 3.16. The number of hydrogen-bond acceptors (Lipinski definition) is 5. The van der Waals surface area contributed by atoms with Crippen LogP contribution in [0.3, 0.4) is 0 Å². The van der Waals surface area contributed by atoms with E-state index in [1.807, 2.05) is 6.08 Å². The molecule has 1 heterocycles. The Morgan fingerprint density at radius 3 is 1.88 bits per heavy atom. The van der Waals surface area contributed by atoms with Crippen molar-refractivity contribution >= 4 is 23.6 Å². The van der Waals surface area contributed by atoms with Crippen LogP contribution in [-0.2, 0) is 25.7 Å². The van der Waals surface area contributed by atoms with Gasteiger partial charge in [-0.25, -0.2) is 9.78 Å². The Labute approximate surface area is 239 Å². The molecule has 0 saturated carbocycles.